The molecule has 0 spiro atoms. The minimum Gasteiger partial charge on any atom is -0.313 e. The summed E-state index contributed by atoms with van der Waals surface area (Å²) in [4.78, 5) is 0. The second-order valence-corrected chi connectivity index (χ2v) is 7.42. The highest BCUT2D eigenvalue weighted by Crippen LogP contribution is 2.21. The number of para-hydroxylation sites is 1. The number of hydrogen-bond acceptors (Lipinski definition) is 3. The normalized spacial score (nSPS) is 20.6. The smallest absolute Gasteiger partial charge is 0.301 e. The Morgan fingerprint density at radius 2 is 1.95 bits per heavy atom. The van der Waals surface area contributed by atoms with Gasteiger partial charge in [0.05, 0.1) is 0 Å². The Morgan fingerprint density at radius 3 is 2.62 bits per heavy atom. The highest BCUT2D eigenvalue weighted by molar-refractivity contribution is 7.90. The van der Waals surface area contributed by atoms with E-state index >= 15 is 0 Å². The van der Waals surface area contributed by atoms with E-state index in [0.29, 0.717) is 24.8 Å². The lowest BCUT2D eigenvalue weighted by atomic mass is 10.0. The van der Waals surface area contributed by atoms with Crippen LogP contribution in [0.4, 0.5) is 5.69 Å². The second-order valence-electron chi connectivity index (χ2n) is 5.80. The van der Waals surface area contributed by atoms with Crippen molar-refractivity contribution in [3.05, 3.63) is 30.3 Å². The molecule has 0 bridgehead atoms. The molecule has 0 radical (unpaired) electrons. The lowest BCUT2D eigenvalue weighted by Gasteiger charge is -2.35. The third kappa shape index (κ3) is 4.69. The molecule has 1 aromatic carbocycles. The summed E-state index contributed by atoms with van der Waals surface area (Å²) in [6.45, 7) is 5.44. The van der Waals surface area contributed by atoms with Crippen molar-refractivity contribution in [3.63, 3.8) is 0 Å². The van der Waals surface area contributed by atoms with E-state index < -0.39 is 10.2 Å². The van der Waals surface area contributed by atoms with Gasteiger partial charge in [0.1, 0.15) is 0 Å². The Morgan fingerprint density at radius 1 is 1.24 bits per heavy atom. The lowest BCUT2D eigenvalue weighted by molar-refractivity contribution is 0.243. The molecule has 0 amide bonds. The molecule has 1 atom stereocenters. The molecule has 5 nitrogen and oxygen atoms in total. The van der Waals surface area contributed by atoms with Crippen LogP contribution in [-0.2, 0) is 10.2 Å². The molecular formula is C15H25N3O2S. The van der Waals surface area contributed by atoms with E-state index in [9.17, 15) is 8.42 Å². The number of piperidine rings is 1. The number of benzene rings is 1. The average molecular weight is 311 g/mol. The molecule has 1 saturated heterocycles. The quantitative estimate of drug-likeness (QED) is 0.846. The van der Waals surface area contributed by atoms with Crippen LogP contribution in [0, 0.1) is 0 Å². The van der Waals surface area contributed by atoms with E-state index in [1.807, 2.05) is 18.2 Å². The fourth-order valence-electron chi connectivity index (χ4n) is 2.58. The Balaban J connectivity index is 2.08. The van der Waals surface area contributed by atoms with Gasteiger partial charge >= 0.3 is 10.2 Å². The standard InChI is InChI=1S/C15H25N3O2S/c1-13(2)16-12-15-10-6-7-11-18(15)21(19,20)17-14-8-4-3-5-9-14/h3-5,8-9,13,15-17H,6-7,10-12H2,1-2H3. The van der Waals surface area contributed by atoms with Crippen LogP contribution in [-0.4, -0.2) is 37.9 Å². The van der Waals surface area contributed by atoms with Gasteiger partial charge in [-0.05, 0) is 25.0 Å². The van der Waals surface area contributed by atoms with Crippen molar-refractivity contribution in [2.45, 2.75) is 45.2 Å². The molecule has 1 aromatic rings. The summed E-state index contributed by atoms with van der Waals surface area (Å²) in [6.07, 6.45) is 2.92. The van der Waals surface area contributed by atoms with Crippen LogP contribution >= 0.6 is 0 Å². The molecule has 21 heavy (non-hydrogen) atoms. The maximum atomic E-state index is 12.6. The van der Waals surface area contributed by atoms with E-state index in [4.69, 9.17) is 0 Å². The fourth-order valence-corrected chi connectivity index (χ4v) is 4.07. The summed E-state index contributed by atoms with van der Waals surface area (Å²) in [6, 6.07) is 9.44. The van der Waals surface area contributed by atoms with Gasteiger partial charge in [0, 0.05) is 30.9 Å². The number of rotatable bonds is 6. The average Bonchev–Trinajstić information content (AvgIpc) is 2.46. The summed E-state index contributed by atoms with van der Waals surface area (Å²) in [5.41, 5.74) is 0.610. The number of nitrogens with one attached hydrogen (secondary N) is 2. The third-order valence-corrected chi connectivity index (χ3v) is 5.26. The summed E-state index contributed by atoms with van der Waals surface area (Å²) >= 11 is 0. The van der Waals surface area contributed by atoms with Crippen molar-refractivity contribution in [1.82, 2.24) is 9.62 Å². The van der Waals surface area contributed by atoms with Crippen molar-refractivity contribution in [1.29, 1.82) is 0 Å². The van der Waals surface area contributed by atoms with Crippen LogP contribution in [0.2, 0.25) is 0 Å². The van der Waals surface area contributed by atoms with Gasteiger partial charge in [0.25, 0.3) is 0 Å². The molecule has 0 aliphatic carbocycles. The first kappa shape index (κ1) is 16.3. The van der Waals surface area contributed by atoms with E-state index in [2.05, 4.69) is 23.9 Å². The van der Waals surface area contributed by atoms with Gasteiger partial charge in [-0.2, -0.15) is 12.7 Å². The van der Waals surface area contributed by atoms with Crippen molar-refractivity contribution in [2.24, 2.45) is 0 Å². The molecule has 0 saturated carbocycles. The fraction of sp³-hybridized carbons (Fsp3) is 0.600. The van der Waals surface area contributed by atoms with E-state index in [1.165, 1.54) is 0 Å². The van der Waals surface area contributed by atoms with E-state index in [1.54, 1.807) is 16.4 Å². The van der Waals surface area contributed by atoms with Crippen molar-refractivity contribution >= 4 is 15.9 Å². The van der Waals surface area contributed by atoms with E-state index in [0.717, 1.165) is 19.3 Å². The zero-order valence-electron chi connectivity index (χ0n) is 12.7. The van der Waals surface area contributed by atoms with Crippen LogP contribution in [0.1, 0.15) is 33.1 Å². The van der Waals surface area contributed by atoms with Gasteiger partial charge in [0.15, 0.2) is 0 Å². The highest BCUT2D eigenvalue weighted by Gasteiger charge is 2.32. The van der Waals surface area contributed by atoms with Crippen molar-refractivity contribution < 1.29 is 8.42 Å². The zero-order chi connectivity index (χ0) is 15.3. The van der Waals surface area contributed by atoms with Gasteiger partial charge in [-0.3, -0.25) is 4.72 Å². The predicted octanol–water partition coefficient (Wildman–Crippen LogP) is 2.20. The van der Waals surface area contributed by atoms with Gasteiger partial charge < -0.3 is 5.32 Å². The van der Waals surface area contributed by atoms with Gasteiger partial charge in [-0.15, -0.1) is 0 Å². The monoisotopic (exact) mass is 311 g/mol. The first-order valence-corrected chi connectivity index (χ1v) is 9.01. The highest BCUT2D eigenvalue weighted by atomic mass is 32.2. The second kappa shape index (κ2) is 7.24. The molecule has 1 fully saturated rings. The molecule has 1 heterocycles. The summed E-state index contributed by atoms with van der Waals surface area (Å²) in [7, 11) is -3.49. The van der Waals surface area contributed by atoms with Crippen LogP contribution in [0.5, 0.6) is 0 Å². The van der Waals surface area contributed by atoms with Gasteiger partial charge in [-0.25, -0.2) is 0 Å². The summed E-state index contributed by atoms with van der Waals surface area (Å²) in [5, 5.41) is 3.35. The predicted molar refractivity (Wildman–Crippen MR) is 86.5 cm³/mol. The van der Waals surface area contributed by atoms with Crippen molar-refractivity contribution in [3.8, 4) is 0 Å². The summed E-state index contributed by atoms with van der Waals surface area (Å²) in [5.74, 6) is 0. The minimum absolute atomic E-state index is 0.0300. The van der Waals surface area contributed by atoms with Gasteiger partial charge in [0.2, 0.25) is 0 Å². The largest absolute Gasteiger partial charge is 0.313 e. The molecule has 2 rings (SSSR count). The number of anilines is 1. The van der Waals surface area contributed by atoms with Gasteiger partial charge in [-0.1, -0.05) is 38.5 Å². The molecule has 118 valence electrons. The number of hydrogen-bond donors (Lipinski definition) is 2. The first-order valence-electron chi connectivity index (χ1n) is 7.57. The molecular weight excluding hydrogens is 286 g/mol. The Hall–Kier alpha value is -1.11. The van der Waals surface area contributed by atoms with E-state index in [-0.39, 0.29) is 6.04 Å². The Kier molecular flexibility index (Phi) is 5.61. The third-order valence-electron chi connectivity index (χ3n) is 3.66. The molecule has 0 aromatic heterocycles. The number of nitrogens with zero attached hydrogens (tertiary/aromatic N) is 1. The Labute approximate surface area is 127 Å². The lowest BCUT2D eigenvalue weighted by Crippen LogP contribution is -2.51. The maximum Gasteiger partial charge on any atom is 0.301 e. The van der Waals surface area contributed by atoms with Crippen LogP contribution in [0.25, 0.3) is 0 Å². The first-order chi connectivity index (χ1) is 9.99. The maximum absolute atomic E-state index is 12.6. The van der Waals surface area contributed by atoms with Crippen molar-refractivity contribution in [2.75, 3.05) is 17.8 Å². The van der Waals surface area contributed by atoms with Crippen LogP contribution < -0.4 is 10.0 Å². The molecule has 1 aliphatic rings. The Bertz CT molecular complexity index is 531. The van der Waals surface area contributed by atoms with Crippen LogP contribution in [0.15, 0.2) is 30.3 Å². The minimum atomic E-state index is -3.49. The zero-order valence-corrected chi connectivity index (χ0v) is 13.6. The summed E-state index contributed by atoms with van der Waals surface area (Å²) < 4.78 is 29.5. The molecule has 2 N–H and O–H groups in total. The molecule has 1 unspecified atom stereocenters. The topological polar surface area (TPSA) is 61.4 Å². The molecule has 1 aliphatic heterocycles. The molecule has 6 heteroatoms. The van der Waals surface area contributed by atoms with Crippen LogP contribution in [0.3, 0.4) is 0 Å². The SMILES string of the molecule is CC(C)NCC1CCCCN1S(=O)(=O)Nc1ccccc1.